The molecule has 0 saturated carbocycles. The highest BCUT2D eigenvalue weighted by molar-refractivity contribution is 5.92. The molecule has 0 aliphatic carbocycles. The molecule has 0 fully saturated rings. The van der Waals surface area contributed by atoms with Crippen LogP contribution in [-0.2, 0) is 4.74 Å². The average molecular weight is 227 g/mol. The molecule has 0 aromatic carbocycles. The van der Waals surface area contributed by atoms with Gasteiger partial charge in [0.2, 0.25) is 0 Å². The third-order valence-electron chi connectivity index (χ3n) is 1.93. The summed E-state index contributed by atoms with van der Waals surface area (Å²) in [6.45, 7) is 3.27. The second-order valence-electron chi connectivity index (χ2n) is 3.38. The number of aromatic amines is 1. The second kappa shape index (κ2) is 6.97. The zero-order chi connectivity index (χ0) is 11.8. The van der Waals surface area contributed by atoms with E-state index < -0.39 is 0 Å². The summed E-state index contributed by atoms with van der Waals surface area (Å²) in [5, 5.41) is 17.7. The van der Waals surface area contributed by atoms with Crippen molar-refractivity contribution in [2.75, 3.05) is 26.4 Å². The summed E-state index contributed by atoms with van der Waals surface area (Å²) >= 11 is 0. The predicted octanol–water partition coefficient (Wildman–Crippen LogP) is -0.153. The van der Waals surface area contributed by atoms with Gasteiger partial charge in [-0.1, -0.05) is 0 Å². The van der Waals surface area contributed by atoms with Gasteiger partial charge in [-0.25, -0.2) is 0 Å². The second-order valence-corrected chi connectivity index (χ2v) is 3.38. The molecule has 0 spiro atoms. The lowest BCUT2D eigenvalue weighted by atomic mass is 10.3. The molecule has 0 aliphatic heterocycles. The van der Waals surface area contributed by atoms with Crippen LogP contribution in [0.25, 0.3) is 0 Å². The Hall–Kier alpha value is -1.40. The van der Waals surface area contributed by atoms with Gasteiger partial charge >= 0.3 is 0 Å². The van der Waals surface area contributed by atoms with Gasteiger partial charge in [0.25, 0.3) is 5.91 Å². The Bertz CT molecular complexity index is 325. The number of ether oxygens (including phenoxy) is 1. The number of nitrogens with one attached hydrogen (secondary N) is 2. The number of aromatic nitrogens is 2. The largest absolute Gasteiger partial charge is 0.394 e. The highest BCUT2D eigenvalue weighted by atomic mass is 16.5. The number of rotatable bonds is 7. The number of aliphatic hydroxyl groups excluding tert-OH is 1. The number of aryl methyl sites for hydroxylation is 1. The molecule has 0 unspecified atom stereocenters. The standard InChI is InChI=1S/C10H17N3O3/c1-8-7-9(13-12-8)10(15)11-3-2-5-16-6-4-14/h7,14H,2-6H2,1H3,(H,11,15)(H,12,13). The lowest BCUT2D eigenvalue weighted by Gasteiger charge is -2.03. The maximum Gasteiger partial charge on any atom is 0.271 e. The number of nitrogens with zero attached hydrogens (tertiary/aromatic N) is 1. The monoisotopic (exact) mass is 227 g/mol. The van der Waals surface area contributed by atoms with Crippen molar-refractivity contribution < 1.29 is 14.6 Å². The lowest BCUT2D eigenvalue weighted by Crippen LogP contribution is -2.25. The Labute approximate surface area is 94.0 Å². The molecule has 0 atom stereocenters. The maximum atomic E-state index is 11.5. The van der Waals surface area contributed by atoms with Crippen LogP contribution in [0.2, 0.25) is 0 Å². The number of carbonyl (C=O) groups is 1. The minimum absolute atomic E-state index is 0.0267. The van der Waals surface area contributed by atoms with E-state index in [0.29, 0.717) is 25.5 Å². The third kappa shape index (κ3) is 4.41. The fourth-order valence-electron chi connectivity index (χ4n) is 1.17. The minimum atomic E-state index is -0.188. The molecule has 3 N–H and O–H groups in total. The molecule has 1 amide bonds. The van der Waals surface area contributed by atoms with Crippen molar-refractivity contribution in [2.45, 2.75) is 13.3 Å². The van der Waals surface area contributed by atoms with Gasteiger partial charge in [0.05, 0.1) is 13.2 Å². The van der Waals surface area contributed by atoms with Gasteiger partial charge in [-0.3, -0.25) is 9.89 Å². The van der Waals surface area contributed by atoms with Gasteiger partial charge < -0.3 is 15.2 Å². The van der Waals surface area contributed by atoms with E-state index in [9.17, 15) is 4.79 Å². The van der Waals surface area contributed by atoms with E-state index in [2.05, 4.69) is 15.5 Å². The zero-order valence-corrected chi connectivity index (χ0v) is 9.32. The van der Waals surface area contributed by atoms with E-state index in [1.54, 1.807) is 6.07 Å². The first-order valence-electron chi connectivity index (χ1n) is 5.23. The van der Waals surface area contributed by atoms with Gasteiger partial charge in [-0.05, 0) is 19.4 Å². The smallest absolute Gasteiger partial charge is 0.271 e. The Balaban J connectivity index is 2.11. The number of H-pyrrole nitrogens is 1. The third-order valence-corrected chi connectivity index (χ3v) is 1.93. The normalized spacial score (nSPS) is 10.4. The molecule has 0 radical (unpaired) electrons. The topological polar surface area (TPSA) is 87.2 Å². The van der Waals surface area contributed by atoms with Crippen LogP contribution in [0, 0.1) is 6.92 Å². The SMILES string of the molecule is Cc1cc(C(=O)NCCCOCCO)n[nH]1. The van der Waals surface area contributed by atoms with Crippen molar-refractivity contribution in [3.05, 3.63) is 17.5 Å². The van der Waals surface area contributed by atoms with E-state index in [4.69, 9.17) is 9.84 Å². The highest BCUT2D eigenvalue weighted by Gasteiger charge is 2.07. The van der Waals surface area contributed by atoms with Crippen molar-refractivity contribution >= 4 is 5.91 Å². The van der Waals surface area contributed by atoms with Crippen LogP contribution in [0.5, 0.6) is 0 Å². The maximum absolute atomic E-state index is 11.5. The highest BCUT2D eigenvalue weighted by Crippen LogP contribution is 1.96. The summed E-state index contributed by atoms with van der Waals surface area (Å²) in [5.74, 6) is -0.188. The van der Waals surface area contributed by atoms with Gasteiger partial charge in [0.1, 0.15) is 5.69 Å². The van der Waals surface area contributed by atoms with Crippen LogP contribution < -0.4 is 5.32 Å². The van der Waals surface area contributed by atoms with Crippen molar-refractivity contribution in [3.63, 3.8) is 0 Å². The summed E-state index contributed by atoms with van der Waals surface area (Å²) in [5.41, 5.74) is 1.25. The molecular weight excluding hydrogens is 210 g/mol. The molecule has 0 aliphatic rings. The number of hydrogen-bond donors (Lipinski definition) is 3. The lowest BCUT2D eigenvalue weighted by molar-refractivity contribution is 0.0865. The molecule has 1 rings (SSSR count). The number of aliphatic hydroxyl groups is 1. The fraction of sp³-hybridized carbons (Fsp3) is 0.600. The van der Waals surface area contributed by atoms with Gasteiger partial charge in [0, 0.05) is 18.8 Å². The molecule has 1 aromatic rings. The first kappa shape index (κ1) is 12.7. The van der Waals surface area contributed by atoms with Crippen LogP contribution in [-0.4, -0.2) is 47.6 Å². The van der Waals surface area contributed by atoms with Crippen molar-refractivity contribution in [3.8, 4) is 0 Å². The van der Waals surface area contributed by atoms with E-state index >= 15 is 0 Å². The van der Waals surface area contributed by atoms with Crippen molar-refractivity contribution in [1.82, 2.24) is 15.5 Å². The molecule has 6 nitrogen and oxygen atoms in total. The molecule has 6 heteroatoms. The van der Waals surface area contributed by atoms with Crippen LogP contribution >= 0.6 is 0 Å². The van der Waals surface area contributed by atoms with Gasteiger partial charge in [-0.15, -0.1) is 0 Å². The summed E-state index contributed by atoms with van der Waals surface area (Å²) in [6.07, 6.45) is 0.717. The molecule has 0 saturated heterocycles. The molecule has 1 aromatic heterocycles. The Morgan fingerprint density at radius 1 is 1.62 bits per heavy atom. The molecule has 16 heavy (non-hydrogen) atoms. The van der Waals surface area contributed by atoms with E-state index in [-0.39, 0.29) is 12.5 Å². The molecular formula is C10H17N3O3. The summed E-state index contributed by atoms with van der Waals surface area (Å²) < 4.78 is 5.05. The van der Waals surface area contributed by atoms with Gasteiger partial charge in [0.15, 0.2) is 0 Å². The van der Waals surface area contributed by atoms with Gasteiger partial charge in [-0.2, -0.15) is 5.10 Å². The van der Waals surface area contributed by atoms with Crippen molar-refractivity contribution in [1.29, 1.82) is 0 Å². The number of carbonyl (C=O) groups excluding carboxylic acids is 1. The number of hydrogen-bond acceptors (Lipinski definition) is 4. The summed E-state index contributed by atoms with van der Waals surface area (Å²) in [4.78, 5) is 11.5. The van der Waals surface area contributed by atoms with Crippen LogP contribution in [0.15, 0.2) is 6.07 Å². The summed E-state index contributed by atoms with van der Waals surface area (Å²) in [7, 11) is 0. The fourth-order valence-corrected chi connectivity index (χ4v) is 1.17. The van der Waals surface area contributed by atoms with Crippen molar-refractivity contribution in [2.24, 2.45) is 0 Å². The predicted molar refractivity (Wildman–Crippen MR) is 58.2 cm³/mol. The van der Waals surface area contributed by atoms with E-state index in [1.807, 2.05) is 6.92 Å². The summed E-state index contributed by atoms with van der Waals surface area (Å²) in [6, 6.07) is 1.69. The van der Waals surface area contributed by atoms with E-state index in [0.717, 1.165) is 12.1 Å². The van der Waals surface area contributed by atoms with Crippen LogP contribution in [0.3, 0.4) is 0 Å². The number of amides is 1. The minimum Gasteiger partial charge on any atom is -0.394 e. The molecule has 90 valence electrons. The Kier molecular flexibility index (Phi) is 5.52. The van der Waals surface area contributed by atoms with Crippen LogP contribution in [0.1, 0.15) is 22.6 Å². The average Bonchev–Trinajstić information content (AvgIpc) is 2.70. The Morgan fingerprint density at radius 3 is 3.06 bits per heavy atom. The quantitative estimate of drug-likeness (QED) is 0.565. The molecule has 1 heterocycles. The Morgan fingerprint density at radius 2 is 2.44 bits per heavy atom. The zero-order valence-electron chi connectivity index (χ0n) is 9.32. The molecule has 0 bridgehead atoms. The van der Waals surface area contributed by atoms with Crippen LogP contribution in [0.4, 0.5) is 0 Å². The first-order chi connectivity index (χ1) is 7.74. The van der Waals surface area contributed by atoms with E-state index in [1.165, 1.54) is 0 Å². The first-order valence-corrected chi connectivity index (χ1v) is 5.23.